The van der Waals surface area contributed by atoms with Gasteiger partial charge in [-0.05, 0) is 44.2 Å². The van der Waals surface area contributed by atoms with Crippen molar-refractivity contribution < 1.29 is 19.1 Å². The number of ether oxygens (including phenoxy) is 2. The fourth-order valence-corrected chi connectivity index (χ4v) is 3.75. The molecule has 1 atom stereocenters. The zero-order valence-corrected chi connectivity index (χ0v) is 16.1. The summed E-state index contributed by atoms with van der Waals surface area (Å²) >= 11 is 0. The topological polar surface area (TPSA) is 67.9 Å². The molecule has 1 aromatic rings. The van der Waals surface area contributed by atoms with E-state index in [4.69, 9.17) is 9.47 Å². The molecule has 2 aliphatic rings. The number of hydrogen-bond acceptors (Lipinski definition) is 4. The maximum Gasteiger partial charge on any atom is 0.227 e. The van der Waals surface area contributed by atoms with Gasteiger partial charge in [-0.1, -0.05) is 11.6 Å². The van der Waals surface area contributed by atoms with Gasteiger partial charge in [-0.15, -0.1) is 0 Å². The summed E-state index contributed by atoms with van der Waals surface area (Å²) in [5, 5.41) is 3.00. The predicted octanol–water partition coefficient (Wildman–Crippen LogP) is 3.06. The molecule has 0 aromatic heterocycles. The summed E-state index contributed by atoms with van der Waals surface area (Å²) in [5.41, 5.74) is 2.16. The van der Waals surface area contributed by atoms with Crippen LogP contribution < -0.4 is 19.7 Å². The Morgan fingerprint density at radius 1 is 1.22 bits per heavy atom. The number of allylic oxidation sites excluding steroid dienone is 1. The van der Waals surface area contributed by atoms with E-state index in [0.29, 0.717) is 24.6 Å². The van der Waals surface area contributed by atoms with Crippen molar-refractivity contribution in [3.8, 4) is 11.5 Å². The maximum absolute atomic E-state index is 12.5. The summed E-state index contributed by atoms with van der Waals surface area (Å²) < 4.78 is 10.5. The van der Waals surface area contributed by atoms with Gasteiger partial charge in [0.05, 0.1) is 20.1 Å². The highest BCUT2D eigenvalue weighted by molar-refractivity contribution is 6.00. The van der Waals surface area contributed by atoms with Gasteiger partial charge in [0.1, 0.15) is 0 Å². The molecule has 1 aromatic carbocycles. The second kappa shape index (κ2) is 8.93. The van der Waals surface area contributed by atoms with Gasteiger partial charge < -0.3 is 19.7 Å². The Morgan fingerprint density at radius 3 is 2.74 bits per heavy atom. The van der Waals surface area contributed by atoms with Crippen molar-refractivity contribution in [3.63, 3.8) is 0 Å². The number of carbonyl (C=O) groups is 2. The fourth-order valence-electron chi connectivity index (χ4n) is 3.75. The normalized spacial score (nSPS) is 19.6. The van der Waals surface area contributed by atoms with Gasteiger partial charge in [0.25, 0.3) is 0 Å². The van der Waals surface area contributed by atoms with E-state index in [1.165, 1.54) is 18.4 Å². The van der Waals surface area contributed by atoms with Crippen molar-refractivity contribution >= 4 is 17.5 Å². The van der Waals surface area contributed by atoms with E-state index < -0.39 is 0 Å². The van der Waals surface area contributed by atoms with Gasteiger partial charge in [-0.25, -0.2) is 0 Å². The van der Waals surface area contributed by atoms with Crippen molar-refractivity contribution in [2.45, 2.75) is 38.5 Å². The van der Waals surface area contributed by atoms with E-state index in [-0.39, 0.29) is 24.2 Å². The van der Waals surface area contributed by atoms with Crippen LogP contribution in [0.5, 0.6) is 11.5 Å². The largest absolute Gasteiger partial charge is 0.493 e. The molecule has 2 amide bonds. The number of amides is 2. The minimum Gasteiger partial charge on any atom is -0.493 e. The lowest BCUT2D eigenvalue weighted by Crippen LogP contribution is -2.33. The molecule has 1 saturated heterocycles. The number of anilines is 1. The number of methoxy groups -OCH3 is 2. The standard InChI is InChI=1S/C21H28N2O4/c1-26-18-9-8-17(13-19(18)27-2)23-14-16(12-20(23)24)21(25)22-11-10-15-6-4-3-5-7-15/h6,8-9,13,16H,3-5,7,10-12,14H2,1-2H3,(H,22,25). The number of nitrogens with zero attached hydrogens (tertiary/aromatic N) is 1. The molecule has 1 aliphatic carbocycles. The Morgan fingerprint density at radius 2 is 2.04 bits per heavy atom. The summed E-state index contributed by atoms with van der Waals surface area (Å²) in [6.45, 7) is 1.04. The summed E-state index contributed by atoms with van der Waals surface area (Å²) in [5.74, 6) is 0.779. The molecule has 0 saturated carbocycles. The SMILES string of the molecule is COc1ccc(N2CC(C(=O)NCCC3=CCCCC3)CC2=O)cc1OC. The Hall–Kier alpha value is -2.50. The average Bonchev–Trinajstić information content (AvgIpc) is 3.10. The lowest BCUT2D eigenvalue weighted by Gasteiger charge is -2.19. The van der Waals surface area contributed by atoms with E-state index in [9.17, 15) is 9.59 Å². The Bertz CT molecular complexity index is 729. The minimum atomic E-state index is -0.314. The van der Waals surface area contributed by atoms with Crippen LogP contribution in [0, 0.1) is 5.92 Å². The molecule has 1 heterocycles. The summed E-state index contributed by atoms with van der Waals surface area (Å²) in [6.07, 6.45) is 8.26. The summed E-state index contributed by atoms with van der Waals surface area (Å²) in [7, 11) is 3.13. The molecule has 0 bridgehead atoms. The van der Waals surface area contributed by atoms with Crippen molar-refractivity contribution in [1.29, 1.82) is 0 Å². The van der Waals surface area contributed by atoms with Crippen molar-refractivity contribution in [2.24, 2.45) is 5.92 Å². The van der Waals surface area contributed by atoms with Crippen LogP contribution in [-0.2, 0) is 9.59 Å². The highest BCUT2D eigenvalue weighted by Gasteiger charge is 2.35. The predicted molar refractivity (Wildman–Crippen MR) is 104 cm³/mol. The zero-order valence-electron chi connectivity index (χ0n) is 16.1. The van der Waals surface area contributed by atoms with Gasteiger partial charge in [0.2, 0.25) is 11.8 Å². The van der Waals surface area contributed by atoms with Crippen LogP contribution >= 0.6 is 0 Å². The van der Waals surface area contributed by atoms with Crippen LogP contribution in [0.2, 0.25) is 0 Å². The monoisotopic (exact) mass is 372 g/mol. The van der Waals surface area contributed by atoms with E-state index in [1.807, 2.05) is 6.07 Å². The molecule has 146 valence electrons. The zero-order chi connectivity index (χ0) is 19.2. The average molecular weight is 372 g/mol. The van der Waals surface area contributed by atoms with Gasteiger partial charge in [-0.2, -0.15) is 0 Å². The molecular weight excluding hydrogens is 344 g/mol. The molecule has 3 rings (SSSR count). The van der Waals surface area contributed by atoms with Gasteiger partial charge in [0.15, 0.2) is 11.5 Å². The number of nitrogens with one attached hydrogen (secondary N) is 1. The number of carbonyl (C=O) groups excluding carboxylic acids is 2. The van der Waals surface area contributed by atoms with Crippen LogP contribution in [0.15, 0.2) is 29.8 Å². The molecule has 1 fully saturated rings. The first kappa shape index (κ1) is 19.3. The van der Waals surface area contributed by atoms with Crippen LogP contribution in [-0.4, -0.2) is 39.1 Å². The Balaban J connectivity index is 1.56. The Kier molecular flexibility index (Phi) is 6.37. The molecule has 1 N–H and O–H groups in total. The molecule has 1 unspecified atom stereocenters. The molecule has 6 nitrogen and oxygen atoms in total. The third-order valence-electron chi connectivity index (χ3n) is 5.30. The van der Waals surface area contributed by atoms with Gasteiger partial charge in [0, 0.05) is 31.3 Å². The first-order chi connectivity index (χ1) is 13.1. The van der Waals surface area contributed by atoms with Crippen LogP contribution in [0.4, 0.5) is 5.69 Å². The molecule has 6 heteroatoms. The molecular formula is C21H28N2O4. The van der Waals surface area contributed by atoms with Crippen molar-refractivity contribution in [1.82, 2.24) is 5.32 Å². The smallest absolute Gasteiger partial charge is 0.227 e. The maximum atomic E-state index is 12.5. The van der Waals surface area contributed by atoms with Gasteiger partial charge in [-0.3, -0.25) is 9.59 Å². The second-order valence-corrected chi connectivity index (χ2v) is 7.09. The molecule has 27 heavy (non-hydrogen) atoms. The van der Waals surface area contributed by atoms with Crippen LogP contribution in [0.25, 0.3) is 0 Å². The third kappa shape index (κ3) is 4.62. The van der Waals surface area contributed by atoms with Crippen LogP contribution in [0.3, 0.4) is 0 Å². The lowest BCUT2D eigenvalue weighted by molar-refractivity contribution is -0.126. The highest BCUT2D eigenvalue weighted by atomic mass is 16.5. The fraction of sp³-hybridized carbons (Fsp3) is 0.524. The van der Waals surface area contributed by atoms with E-state index in [2.05, 4.69) is 11.4 Å². The van der Waals surface area contributed by atoms with Crippen LogP contribution in [0.1, 0.15) is 38.5 Å². The van der Waals surface area contributed by atoms with Gasteiger partial charge >= 0.3 is 0 Å². The summed E-state index contributed by atoms with van der Waals surface area (Å²) in [4.78, 5) is 26.6. The van der Waals surface area contributed by atoms with E-state index in [1.54, 1.807) is 31.3 Å². The number of rotatable bonds is 7. The summed E-state index contributed by atoms with van der Waals surface area (Å²) in [6, 6.07) is 5.36. The Labute approximate surface area is 160 Å². The highest BCUT2D eigenvalue weighted by Crippen LogP contribution is 2.34. The van der Waals surface area contributed by atoms with E-state index >= 15 is 0 Å². The first-order valence-electron chi connectivity index (χ1n) is 9.60. The second-order valence-electron chi connectivity index (χ2n) is 7.09. The molecule has 0 spiro atoms. The van der Waals surface area contributed by atoms with Crippen molar-refractivity contribution in [3.05, 3.63) is 29.8 Å². The minimum absolute atomic E-state index is 0.0391. The number of benzene rings is 1. The van der Waals surface area contributed by atoms with E-state index in [0.717, 1.165) is 24.9 Å². The molecule has 0 radical (unpaired) electrons. The molecule has 1 aliphatic heterocycles. The lowest BCUT2D eigenvalue weighted by atomic mass is 9.97. The van der Waals surface area contributed by atoms with Crippen molar-refractivity contribution in [2.75, 3.05) is 32.2 Å². The number of hydrogen-bond donors (Lipinski definition) is 1. The third-order valence-corrected chi connectivity index (χ3v) is 5.30. The quantitative estimate of drug-likeness (QED) is 0.747. The first-order valence-corrected chi connectivity index (χ1v) is 9.60.